The summed E-state index contributed by atoms with van der Waals surface area (Å²) in [6.45, 7) is 10.7. The van der Waals surface area contributed by atoms with Crippen LogP contribution in [0.4, 0.5) is 11.6 Å². The number of anilines is 2. The van der Waals surface area contributed by atoms with Gasteiger partial charge in [-0.2, -0.15) is 0 Å². The Kier molecular flexibility index (Phi) is 8.02. The highest BCUT2D eigenvalue weighted by molar-refractivity contribution is 5.92. The first kappa shape index (κ1) is 22.8. The van der Waals surface area contributed by atoms with Crippen LogP contribution < -0.4 is 20.5 Å². The Hall–Kier alpha value is -2.91. The first-order chi connectivity index (χ1) is 15.0. The van der Waals surface area contributed by atoms with E-state index in [-0.39, 0.29) is 5.56 Å². The Bertz CT molecular complexity index is 851. The van der Waals surface area contributed by atoms with Gasteiger partial charge in [-0.05, 0) is 32.4 Å². The van der Waals surface area contributed by atoms with E-state index in [0.717, 1.165) is 44.8 Å². The van der Waals surface area contributed by atoms with Crippen molar-refractivity contribution in [2.24, 2.45) is 5.73 Å². The molecular weight excluding hydrogens is 396 g/mol. The third-order valence-corrected chi connectivity index (χ3v) is 5.37. The number of rotatable bonds is 10. The van der Waals surface area contributed by atoms with Crippen molar-refractivity contribution in [3.63, 3.8) is 0 Å². The van der Waals surface area contributed by atoms with Crippen molar-refractivity contribution >= 4 is 17.5 Å². The van der Waals surface area contributed by atoms with E-state index in [0.29, 0.717) is 30.1 Å². The van der Waals surface area contributed by atoms with Crippen LogP contribution in [0.25, 0.3) is 0 Å². The van der Waals surface area contributed by atoms with E-state index in [1.165, 1.54) is 12.4 Å². The third kappa shape index (κ3) is 6.53. The van der Waals surface area contributed by atoms with E-state index in [9.17, 15) is 4.79 Å². The molecule has 2 heterocycles. The molecule has 0 spiro atoms. The smallest absolute Gasteiger partial charge is 0.251 e. The van der Waals surface area contributed by atoms with E-state index >= 15 is 0 Å². The predicted molar refractivity (Wildman–Crippen MR) is 120 cm³/mol. The second kappa shape index (κ2) is 10.9. The summed E-state index contributed by atoms with van der Waals surface area (Å²) in [5.41, 5.74) is 6.21. The number of piperazine rings is 1. The van der Waals surface area contributed by atoms with Gasteiger partial charge in [0.25, 0.3) is 5.91 Å². The van der Waals surface area contributed by atoms with Crippen LogP contribution in [0.15, 0.2) is 30.6 Å². The molecule has 1 fully saturated rings. The number of carbonyl (C=O) groups excluding carboxylic acids is 1. The standard InChI is InChI=1S/C22H32N6O3/c1-16(2)28-10-8-27(9-11-28)7-4-12-31-19-6-5-18(13-20(19)30-3)26-22-24-14-17(15-25-22)21(23)29/h5-6,13-16H,4,7-12H2,1-3H3,(H2,23,29)(H,24,25,26). The summed E-state index contributed by atoms with van der Waals surface area (Å²) in [6, 6.07) is 6.18. The zero-order valence-electron chi connectivity index (χ0n) is 18.5. The summed E-state index contributed by atoms with van der Waals surface area (Å²) in [6.07, 6.45) is 3.73. The quantitative estimate of drug-likeness (QED) is 0.555. The van der Waals surface area contributed by atoms with Crippen molar-refractivity contribution in [1.82, 2.24) is 19.8 Å². The van der Waals surface area contributed by atoms with Crippen LogP contribution in [0, 0.1) is 0 Å². The van der Waals surface area contributed by atoms with Crippen molar-refractivity contribution in [2.75, 3.05) is 51.8 Å². The fourth-order valence-electron chi connectivity index (χ4n) is 3.49. The van der Waals surface area contributed by atoms with Gasteiger partial charge in [-0.3, -0.25) is 9.69 Å². The van der Waals surface area contributed by atoms with Gasteiger partial charge < -0.3 is 25.4 Å². The number of nitrogens with zero attached hydrogens (tertiary/aromatic N) is 4. The Labute approximate surface area is 183 Å². The first-order valence-electron chi connectivity index (χ1n) is 10.6. The third-order valence-electron chi connectivity index (χ3n) is 5.37. The van der Waals surface area contributed by atoms with Crippen molar-refractivity contribution in [3.8, 4) is 11.5 Å². The molecule has 3 N–H and O–H groups in total. The number of benzene rings is 1. The van der Waals surface area contributed by atoms with Crippen LogP contribution >= 0.6 is 0 Å². The lowest BCUT2D eigenvalue weighted by molar-refractivity contribution is 0.0999. The van der Waals surface area contributed by atoms with Gasteiger partial charge in [0, 0.05) is 62.9 Å². The largest absolute Gasteiger partial charge is 0.493 e. The van der Waals surface area contributed by atoms with Gasteiger partial charge in [0.1, 0.15) is 0 Å². The number of amides is 1. The molecule has 1 saturated heterocycles. The summed E-state index contributed by atoms with van der Waals surface area (Å²) >= 11 is 0. The Balaban J connectivity index is 1.47. The fourth-order valence-corrected chi connectivity index (χ4v) is 3.49. The molecule has 0 unspecified atom stereocenters. The molecule has 3 rings (SSSR count). The van der Waals surface area contributed by atoms with Gasteiger partial charge in [-0.25, -0.2) is 9.97 Å². The van der Waals surface area contributed by atoms with E-state index in [1.54, 1.807) is 7.11 Å². The van der Waals surface area contributed by atoms with E-state index in [1.807, 2.05) is 18.2 Å². The molecule has 1 aliphatic heterocycles. The summed E-state index contributed by atoms with van der Waals surface area (Å²) < 4.78 is 11.4. The van der Waals surface area contributed by atoms with Gasteiger partial charge in [0.15, 0.2) is 11.5 Å². The molecule has 2 aromatic rings. The lowest BCUT2D eigenvalue weighted by atomic mass is 10.2. The Morgan fingerprint density at radius 3 is 2.48 bits per heavy atom. The highest BCUT2D eigenvalue weighted by atomic mass is 16.5. The van der Waals surface area contributed by atoms with Gasteiger partial charge in [-0.1, -0.05) is 0 Å². The van der Waals surface area contributed by atoms with Gasteiger partial charge in [0.2, 0.25) is 5.95 Å². The Morgan fingerprint density at radius 2 is 1.87 bits per heavy atom. The summed E-state index contributed by atoms with van der Waals surface area (Å²) in [7, 11) is 1.61. The molecule has 1 amide bonds. The number of nitrogens with one attached hydrogen (secondary N) is 1. The number of hydrogen-bond acceptors (Lipinski definition) is 8. The van der Waals surface area contributed by atoms with Crippen molar-refractivity contribution in [3.05, 3.63) is 36.2 Å². The molecule has 168 valence electrons. The SMILES string of the molecule is COc1cc(Nc2ncc(C(N)=O)cn2)ccc1OCCCN1CCN(C(C)C)CC1. The average Bonchev–Trinajstić information content (AvgIpc) is 2.78. The van der Waals surface area contributed by atoms with Crippen LogP contribution in [0.2, 0.25) is 0 Å². The monoisotopic (exact) mass is 428 g/mol. The summed E-state index contributed by atoms with van der Waals surface area (Å²) in [5, 5.41) is 3.07. The van der Waals surface area contributed by atoms with Crippen molar-refractivity contribution < 1.29 is 14.3 Å². The molecular formula is C22H32N6O3. The normalized spacial score (nSPS) is 15.1. The maximum atomic E-state index is 11.1. The minimum atomic E-state index is -0.562. The lowest BCUT2D eigenvalue weighted by Gasteiger charge is -2.36. The Morgan fingerprint density at radius 1 is 1.16 bits per heavy atom. The number of carbonyl (C=O) groups is 1. The number of nitrogens with two attached hydrogens (primary N) is 1. The molecule has 0 saturated carbocycles. The lowest BCUT2D eigenvalue weighted by Crippen LogP contribution is -2.49. The highest BCUT2D eigenvalue weighted by Gasteiger charge is 2.18. The van der Waals surface area contributed by atoms with E-state index in [2.05, 4.69) is 38.9 Å². The molecule has 0 aliphatic carbocycles. The van der Waals surface area contributed by atoms with Crippen LogP contribution in [0.1, 0.15) is 30.6 Å². The minimum absolute atomic E-state index is 0.258. The molecule has 0 bridgehead atoms. The molecule has 1 aromatic heterocycles. The maximum Gasteiger partial charge on any atom is 0.251 e. The molecule has 9 nitrogen and oxygen atoms in total. The van der Waals surface area contributed by atoms with Crippen LogP contribution in [0.5, 0.6) is 11.5 Å². The zero-order valence-corrected chi connectivity index (χ0v) is 18.5. The zero-order chi connectivity index (χ0) is 22.2. The predicted octanol–water partition coefficient (Wildman–Crippen LogP) is 2.12. The first-order valence-corrected chi connectivity index (χ1v) is 10.6. The highest BCUT2D eigenvalue weighted by Crippen LogP contribution is 2.31. The second-order valence-corrected chi connectivity index (χ2v) is 7.82. The number of aromatic nitrogens is 2. The number of hydrogen-bond donors (Lipinski definition) is 2. The van der Waals surface area contributed by atoms with E-state index < -0.39 is 5.91 Å². The topological polar surface area (TPSA) is 106 Å². The van der Waals surface area contributed by atoms with Gasteiger partial charge in [-0.15, -0.1) is 0 Å². The summed E-state index contributed by atoms with van der Waals surface area (Å²) in [4.78, 5) is 24.3. The minimum Gasteiger partial charge on any atom is -0.493 e. The molecule has 0 atom stereocenters. The van der Waals surface area contributed by atoms with Crippen molar-refractivity contribution in [2.45, 2.75) is 26.3 Å². The fraction of sp³-hybridized carbons (Fsp3) is 0.500. The van der Waals surface area contributed by atoms with Gasteiger partial charge >= 0.3 is 0 Å². The second-order valence-electron chi connectivity index (χ2n) is 7.82. The number of methoxy groups -OCH3 is 1. The van der Waals surface area contributed by atoms with Crippen molar-refractivity contribution in [1.29, 1.82) is 0 Å². The number of ether oxygens (including phenoxy) is 2. The summed E-state index contributed by atoms with van der Waals surface area (Å²) in [5.74, 6) is 1.12. The number of primary amides is 1. The van der Waals surface area contributed by atoms with Crippen LogP contribution in [-0.2, 0) is 0 Å². The van der Waals surface area contributed by atoms with E-state index in [4.69, 9.17) is 15.2 Å². The average molecular weight is 429 g/mol. The molecule has 31 heavy (non-hydrogen) atoms. The molecule has 1 aliphatic rings. The molecule has 1 aromatic carbocycles. The van der Waals surface area contributed by atoms with Crippen LogP contribution in [-0.4, -0.2) is 78.2 Å². The van der Waals surface area contributed by atoms with Crippen LogP contribution in [0.3, 0.4) is 0 Å². The van der Waals surface area contributed by atoms with Gasteiger partial charge in [0.05, 0.1) is 19.3 Å². The molecule has 0 radical (unpaired) electrons. The maximum absolute atomic E-state index is 11.1. The molecule has 9 heteroatoms.